The number of carbonyl (C=O) groups is 1. The molecule has 0 radical (unpaired) electrons. The molecule has 7 nitrogen and oxygen atoms in total. The predicted octanol–water partition coefficient (Wildman–Crippen LogP) is 6.75. The van der Waals surface area contributed by atoms with Crippen LogP contribution in [-0.4, -0.2) is 20.8 Å². The van der Waals surface area contributed by atoms with Crippen molar-refractivity contribution in [2.24, 2.45) is 0 Å². The highest BCUT2D eigenvalue weighted by Crippen LogP contribution is 2.28. The van der Waals surface area contributed by atoms with E-state index in [1.165, 1.54) is 17.4 Å². The van der Waals surface area contributed by atoms with E-state index in [1.54, 1.807) is 24.3 Å². The molecule has 0 unspecified atom stereocenters. The number of para-hydroxylation sites is 1. The van der Waals surface area contributed by atoms with Crippen molar-refractivity contribution in [1.29, 1.82) is 0 Å². The first-order chi connectivity index (χ1) is 16.6. The Labute approximate surface area is 202 Å². The van der Waals surface area contributed by atoms with Crippen LogP contribution in [-0.2, 0) is 0 Å². The van der Waals surface area contributed by atoms with E-state index in [4.69, 9.17) is 0 Å². The second-order valence-electron chi connectivity index (χ2n) is 7.24. The Bertz CT molecular complexity index is 1540. The highest BCUT2D eigenvalue weighted by Gasteiger charge is 2.15. The normalized spacial score (nSPS) is 11.2. The molecule has 0 aliphatic heterocycles. The standard InChI is InChI=1S/C25H16N4O3S2/c30-24(28-25-27-22(15-33-25)16-6-2-1-3-7-16)20-14-17(26-21-9-5-4-8-19(20)21)10-11-18-12-13-23(34-18)29(31)32/h1-15H,(H,27,28,30)/b11-10+. The van der Waals surface area contributed by atoms with Crippen LogP contribution in [0.3, 0.4) is 0 Å². The van der Waals surface area contributed by atoms with Gasteiger partial charge in [-0.3, -0.25) is 20.2 Å². The van der Waals surface area contributed by atoms with E-state index < -0.39 is 4.92 Å². The van der Waals surface area contributed by atoms with Crippen LogP contribution >= 0.6 is 22.7 Å². The number of carbonyl (C=O) groups excluding carboxylic acids is 1. The molecule has 9 heteroatoms. The molecule has 0 bridgehead atoms. The Morgan fingerprint density at radius 2 is 1.76 bits per heavy atom. The number of benzene rings is 2. The number of nitro groups is 1. The van der Waals surface area contributed by atoms with Crippen LogP contribution in [0.5, 0.6) is 0 Å². The van der Waals surface area contributed by atoms with Crippen molar-refractivity contribution in [1.82, 2.24) is 9.97 Å². The number of thiophene rings is 1. The van der Waals surface area contributed by atoms with Crippen LogP contribution in [0.4, 0.5) is 10.1 Å². The maximum atomic E-state index is 13.2. The number of anilines is 1. The fourth-order valence-corrected chi connectivity index (χ4v) is 4.84. The van der Waals surface area contributed by atoms with Gasteiger partial charge in [0.1, 0.15) is 0 Å². The van der Waals surface area contributed by atoms with Gasteiger partial charge in [0.25, 0.3) is 5.91 Å². The van der Waals surface area contributed by atoms with Crippen LogP contribution in [0.25, 0.3) is 34.3 Å². The highest BCUT2D eigenvalue weighted by molar-refractivity contribution is 7.16. The molecule has 0 spiro atoms. The van der Waals surface area contributed by atoms with Crippen LogP contribution in [0.2, 0.25) is 0 Å². The van der Waals surface area contributed by atoms with E-state index in [2.05, 4.69) is 15.3 Å². The third-order valence-corrected chi connectivity index (χ3v) is 6.75. The van der Waals surface area contributed by atoms with Gasteiger partial charge < -0.3 is 0 Å². The third kappa shape index (κ3) is 4.61. The van der Waals surface area contributed by atoms with Crippen LogP contribution in [0, 0.1) is 10.1 Å². The van der Waals surface area contributed by atoms with Gasteiger partial charge in [-0.1, -0.05) is 59.9 Å². The largest absolute Gasteiger partial charge is 0.324 e. The summed E-state index contributed by atoms with van der Waals surface area (Å²) in [6.45, 7) is 0. The van der Waals surface area contributed by atoms with Crippen molar-refractivity contribution in [3.63, 3.8) is 0 Å². The van der Waals surface area contributed by atoms with E-state index in [0.29, 0.717) is 21.9 Å². The van der Waals surface area contributed by atoms with Gasteiger partial charge in [-0.25, -0.2) is 9.97 Å². The van der Waals surface area contributed by atoms with Gasteiger partial charge >= 0.3 is 5.00 Å². The maximum absolute atomic E-state index is 13.2. The molecule has 0 atom stereocenters. The van der Waals surface area contributed by atoms with Gasteiger partial charge in [-0.2, -0.15) is 0 Å². The zero-order valence-corrected chi connectivity index (χ0v) is 19.2. The topological polar surface area (TPSA) is 98.0 Å². The lowest BCUT2D eigenvalue weighted by Gasteiger charge is -2.07. The minimum absolute atomic E-state index is 0.0736. The van der Waals surface area contributed by atoms with Crippen molar-refractivity contribution >= 4 is 61.8 Å². The predicted molar refractivity (Wildman–Crippen MR) is 137 cm³/mol. The van der Waals surface area contributed by atoms with Crippen molar-refractivity contribution in [3.05, 3.63) is 104 Å². The number of rotatable bonds is 6. The van der Waals surface area contributed by atoms with E-state index in [0.717, 1.165) is 32.9 Å². The molecular formula is C25H16N4O3S2. The average molecular weight is 485 g/mol. The van der Waals surface area contributed by atoms with Crippen LogP contribution < -0.4 is 5.32 Å². The molecule has 1 N–H and O–H groups in total. The van der Waals surface area contributed by atoms with Crippen molar-refractivity contribution in [2.45, 2.75) is 0 Å². The number of aromatic nitrogens is 2. The summed E-state index contributed by atoms with van der Waals surface area (Å²) in [5.41, 5.74) is 3.50. The Morgan fingerprint density at radius 1 is 0.971 bits per heavy atom. The molecule has 0 saturated carbocycles. The Hall–Kier alpha value is -4.21. The van der Waals surface area contributed by atoms with E-state index in [-0.39, 0.29) is 10.9 Å². The summed E-state index contributed by atoms with van der Waals surface area (Å²) >= 11 is 2.44. The summed E-state index contributed by atoms with van der Waals surface area (Å²) in [7, 11) is 0. The Morgan fingerprint density at radius 3 is 2.56 bits per heavy atom. The van der Waals surface area contributed by atoms with Gasteiger partial charge in [0, 0.05) is 27.3 Å². The molecule has 0 saturated heterocycles. The Kier molecular flexibility index (Phi) is 5.94. The first kappa shape index (κ1) is 21.6. The minimum atomic E-state index is -0.416. The number of nitrogens with one attached hydrogen (secondary N) is 1. The van der Waals surface area contributed by atoms with Crippen LogP contribution in [0.1, 0.15) is 20.9 Å². The monoisotopic (exact) mass is 484 g/mol. The van der Waals surface area contributed by atoms with Crippen LogP contribution in [0.15, 0.2) is 78.2 Å². The summed E-state index contributed by atoms with van der Waals surface area (Å²) in [5.74, 6) is -0.283. The molecule has 3 aromatic heterocycles. The van der Waals surface area contributed by atoms with E-state index >= 15 is 0 Å². The zero-order chi connectivity index (χ0) is 23.5. The fourth-order valence-electron chi connectivity index (χ4n) is 3.40. The summed E-state index contributed by atoms with van der Waals surface area (Å²) < 4.78 is 0. The number of thiazole rings is 1. The molecule has 0 aliphatic rings. The Balaban J connectivity index is 1.44. The molecule has 1 amide bonds. The van der Waals surface area contributed by atoms with E-state index in [1.807, 2.05) is 60.0 Å². The second-order valence-corrected chi connectivity index (χ2v) is 9.19. The van der Waals surface area contributed by atoms with Gasteiger partial charge in [-0.05, 0) is 30.4 Å². The molecule has 34 heavy (non-hydrogen) atoms. The smallest absolute Gasteiger partial charge is 0.298 e. The first-order valence-electron chi connectivity index (χ1n) is 10.2. The van der Waals surface area contributed by atoms with Gasteiger partial charge in [0.15, 0.2) is 5.13 Å². The van der Waals surface area contributed by atoms with Gasteiger partial charge in [-0.15, -0.1) is 11.3 Å². The number of hydrogen-bond donors (Lipinski definition) is 1. The summed E-state index contributed by atoms with van der Waals surface area (Å²) in [5, 5.41) is 17.0. The SMILES string of the molecule is O=C(Nc1nc(-c2ccccc2)cs1)c1cc(/C=C/c2ccc([N+](=O)[O-])s2)nc2ccccc12. The molecule has 166 valence electrons. The second kappa shape index (κ2) is 9.34. The average Bonchev–Trinajstić information content (AvgIpc) is 3.53. The first-order valence-corrected chi connectivity index (χ1v) is 11.9. The van der Waals surface area contributed by atoms with Gasteiger partial charge in [0.2, 0.25) is 0 Å². The zero-order valence-electron chi connectivity index (χ0n) is 17.5. The van der Waals surface area contributed by atoms with Crippen molar-refractivity contribution in [2.75, 3.05) is 5.32 Å². The molecule has 0 fully saturated rings. The lowest BCUT2D eigenvalue weighted by Crippen LogP contribution is -2.13. The highest BCUT2D eigenvalue weighted by atomic mass is 32.1. The number of fused-ring (bicyclic) bond motifs is 1. The summed E-state index contributed by atoms with van der Waals surface area (Å²) in [6.07, 6.45) is 3.50. The molecule has 5 aromatic rings. The van der Waals surface area contributed by atoms with E-state index in [9.17, 15) is 14.9 Å². The minimum Gasteiger partial charge on any atom is -0.298 e. The van der Waals surface area contributed by atoms with Crippen molar-refractivity contribution < 1.29 is 9.72 Å². The summed E-state index contributed by atoms with van der Waals surface area (Å²) in [6, 6.07) is 22.0. The molecule has 2 aromatic carbocycles. The molecule has 5 rings (SSSR count). The molecule has 3 heterocycles. The number of pyridine rings is 1. The number of amides is 1. The molecular weight excluding hydrogens is 468 g/mol. The van der Waals surface area contributed by atoms with Gasteiger partial charge in [0.05, 0.1) is 27.4 Å². The molecule has 0 aliphatic carbocycles. The lowest BCUT2D eigenvalue weighted by atomic mass is 10.1. The van der Waals surface area contributed by atoms with Crippen molar-refractivity contribution in [3.8, 4) is 11.3 Å². The fraction of sp³-hybridized carbons (Fsp3) is 0. The third-order valence-electron chi connectivity index (χ3n) is 4.99. The number of nitrogens with zero attached hydrogens (tertiary/aromatic N) is 3. The summed E-state index contributed by atoms with van der Waals surface area (Å²) in [4.78, 5) is 33.6. The quantitative estimate of drug-likeness (QED) is 0.212. The number of hydrogen-bond acceptors (Lipinski definition) is 7. The lowest BCUT2D eigenvalue weighted by molar-refractivity contribution is -0.380. The maximum Gasteiger partial charge on any atom is 0.324 e.